The molecule has 0 bridgehead atoms. The highest BCUT2D eigenvalue weighted by Gasteiger charge is 1.92. The summed E-state index contributed by atoms with van der Waals surface area (Å²) in [5.41, 5.74) is 3.76. The smallest absolute Gasteiger partial charge is 0.123 e. The van der Waals surface area contributed by atoms with Gasteiger partial charge in [0.05, 0.1) is 0 Å². The first-order chi connectivity index (χ1) is 19.1. The number of nitrogens with two attached hydrogens (primary N) is 1. The van der Waals surface area contributed by atoms with E-state index in [-0.39, 0.29) is 5.82 Å². The zero-order valence-corrected chi connectivity index (χ0v) is 26.9. The van der Waals surface area contributed by atoms with E-state index in [1.807, 2.05) is 18.9 Å². The molecule has 4 nitrogen and oxygen atoms in total. The average molecular weight is 557 g/mol. The van der Waals surface area contributed by atoms with Gasteiger partial charge >= 0.3 is 0 Å². The second-order valence-electron chi connectivity index (χ2n) is 9.74. The van der Waals surface area contributed by atoms with Gasteiger partial charge in [-0.2, -0.15) is 0 Å². The first-order valence-corrected chi connectivity index (χ1v) is 14.6. The van der Waals surface area contributed by atoms with Gasteiger partial charge in [-0.1, -0.05) is 114 Å². The van der Waals surface area contributed by atoms with Crippen LogP contribution in [0, 0.1) is 5.82 Å². The van der Waals surface area contributed by atoms with Crippen LogP contribution in [0.25, 0.3) is 0 Å². The van der Waals surface area contributed by atoms with Crippen molar-refractivity contribution in [2.75, 3.05) is 33.7 Å². The minimum absolute atomic E-state index is 0.172. The first kappa shape index (κ1) is 41.7. The molecule has 0 unspecified atom stereocenters. The van der Waals surface area contributed by atoms with Crippen LogP contribution in [0.5, 0.6) is 0 Å². The van der Waals surface area contributed by atoms with E-state index in [1.54, 1.807) is 36.5 Å². The number of nitrogens with zero attached hydrogens (tertiary/aromatic N) is 2. The lowest BCUT2D eigenvalue weighted by molar-refractivity contribution is 0.390. The number of nitrogens with one attached hydrogen (secondary N) is 1. The topological polar surface area (TPSA) is 44.5 Å². The van der Waals surface area contributed by atoms with Gasteiger partial charge in [-0.25, -0.2) is 9.40 Å². The first-order valence-electron chi connectivity index (χ1n) is 14.6. The number of aryl methyl sites for hydroxylation is 1. The Morgan fingerprint density at radius 1 is 0.900 bits per heavy atom. The van der Waals surface area contributed by atoms with E-state index in [1.165, 1.54) is 49.8 Å². The molecule has 2 aromatic carbocycles. The lowest BCUT2D eigenvalue weighted by Crippen LogP contribution is -2.25. The highest BCUT2D eigenvalue weighted by atomic mass is 19.1. The summed E-state index contributed by atoms with van der Waals surface area (Å²) in [7, 11) is 3.77. The SMILES string of the molecule is C=CCN(C)N.C=CN(C)CC(=C)C.CCC.CCCCCc1ccccc1.CCCNCc1ccc(F)cc1. The van der Waals surface area contributed by atoms with Crippen molar-refractivity contribution < 1.29 is 4.39 Å². The maximum Gasteiger partial charge on any atom is 0.123 e. The van der Waals surface area contributed by atoms with Crippen molar-refractivity contribution in [2.45, 2.75) is 79.7 Å². The summed E-state index contributed by atoms with van der Waals surface area (Å²) < 4.78 is 12.5. The minimum atomic E-state index is -0.172. The van der Waals surface area contributed by atoms with Crippen LogP contribution in [0.4, 0.5) is 4.39 Å². The third-order valence-corrected chi connectivity index (χ3v) is 4.83. The van der Waals surface area contributed by atoms with E-state index in [4.69, 9.17) is 5.84 Å². The van der Waals surface area contributed by atoms with E-state index in [0.29, 0.717) is 0 Å². The van der Waals surface area contributed by atoms with Gasteiger partial charge in [0.25, 0.3) is 0 Å². The summed E-state index contributed by atoms with van der Waals surface area (Å²) in [5, 5.41) is 4.81. The molecule has 0 heterocycles. The van der Waals surface area contributed by atoms with Gasteiger partial charge in [0.15, 0.2) is 0 Å². The zero-order valence-electron chi connectivity index (χ0n) is 26.9. The molecule has 0 aliphatic rings. The van der Waals surface area contributed by atoms with E-state index in [0.717, 1.165) is 43.7 Å². The van der Waals surface area contributed by atoms with Crippen LogP contribution in [0.1, 0.15) is 77.8 Å². The third-order valence-electron chi connectivity index (χ3n) is 4.83. The summed E-state index contributed by atoms with van der Waals surface area (Å²) in [4.78, 5) is 1.99. The number of hydrogen-bond donors (Lipinski definition) is 2. The molecule has 2 rings (SSSR count). The fourth-order valence-corrected chi connectivity index (χ4v) is 2.93. The van der Waals surface area contributed by atoms with Gasteiger partial charge < -0.3 is 10.2 Å². The summed E-state index contributed by atoms with van der Waals surface area (Å²) >= 11 is 0. The van der Waals surface area contributed by atoms with Crippen LogP contribution in [-0.4, -0.2) is 43.6 Å². The molecule has 5 heteroatoms. The maximum absolute atomic E-state index is 12.5. The molecule has 0 fully saturated rings. The van der Waals surface area contributed by atoms with Crippen LogP contribution in [0.2, 0.25) is 0 Å². The number of halogens is 1. The van der Waals surface area contributed by atoms with Crippen molar-refractivity contribution in [1.29, 1.82) is 0 Å². The van der Waals surface area contributed by atoms with Crippen molar-refractivity contribution >= 4 is 0 Å². The van der Waals surface area contributed by atoms with Gasteiger partial charge in [0.1, 0.15) is 5.82 Å². The predicted molar refractivity (Wildman–Crippen MR) is 179 cm³/mol. The Morgan fingerprint density at radius 2 is 1.48 bits per heavy atom. The number of hydrogen-bond acceptors (Lipinski definition) is 4. The van der Waals surface area contributed by atoms with Crippen molar-refractivity contribution in [3.63, 3.8) is 0 Å². The van der Waals surface area contributed by atoms with Crippen molar-refractivity contribution in [1.82, 2.24) is 15.2 Å². The standard InChI is InChI=1S/C11H16.C10H14FN.C7H13N.C4H10N2.C3H8/c1-2-3-5-8-11-9-6-4-7-10-11;1-2-7-12-8-9-3-5-10(11)6-4-9;1-5-8(4)6-7(2)3;1-3-4-6(2)5;1-3-2/h4,6-7,9-10H,2-3,5,8H2,1H3;3-6,12H,2,7-8H2,1H3;5H,1-2,6H2,3-4H3;3H,1,4-5H2,2H3;3H2,1-2H3. The number of unbranched alkanes of at least 4 members (excludes halogenated alkanes) is 2. The predicted octanol–water partition coefficient (Wildman–Crippen LogP) is 8.78. The summed E-state index contributed by atoms with van der Waals surface area (Å²) in [6, 6.07) is 17.3. The van der Waals surface area contributed by atoms with Crippen molar-refractivity contribution in [3.8, 4) is 0 Å². The Morgan fingerprint density at radius 3 is 1.85 bits per heavy atom. The number of benzene rings is 2. The van der Waals surface area contributed by atoms with E-state index < -0.39 is 0 Å². The molecule has 3 N–H and O–H groups in total. The Labute approximate surface area is 247 Å². The Hall–Kier alpha value is -2.73. The molecule has 0 radical (unpaired) electrons. The van der Waals surface area contributed by atoms with E-state index in [2.05, 4.69) is 83.1 Å². The second-order valence-corrected chi connectivity index (χ2v) is 9.74. The molecule has 0 saturated heterocycles. The van der Waals surface area contributed by atoms with Crippen LogP contribution in [-0.2, 0) is 13.0 Å². The Balaban J connectivity index is -0.000000454. The fourth-order valence-electron chi connectivity index (χ4n) is 2.93. The van der Waals surface area contributed by atoms with Gasteiger partial charge in [-0.3, -0.25) is 5.84 Å². The number of rotatable bonds is 13. The number of hydrazine groups is 1. The maximum atomic E-state index is 12.5. The normalized spacial score (nSPS) is 9.25. The summed E-state index contributed by atoms with van der Waals surface area (Å²) in [6.45, 7) is 24.9. The Bertz CT molecular complexity index is 804. The number of likely N-dealkylation sites (N-methyl/N-ethyl adjacent to an activating group) is 2. The van der Waals surface area contributed by atoms with Crippen molar-refractivity contribution in [3.05, 3.63) is 109 Å². The molecule has 0 spiro atoms. The summed E-state index contributed by atoms with van der Waals surface area (Å²) in [6.07, 6.45) is 11.2. The van der Waals surface area contributed by atoms with Crippen LogP contribution >= 0.6 is 0 Å². The molecule has 0 aliphatic carbocycles. The molecule has 0 aromatic heterocycles. The van der Waals surface area contributed by atoms with Crippen LogP contribution < -0.4 is 11.2 Å². The zero-order chi connectivity index (χ0) is 31.0. The highest BCUT2D eigenvalue weighted by molar-refractivity contribution is 5.16. The quantitative estimate of drug-likeness (QED) is 0.112. The largest absolute Gasteiger partial charge is 0.377 e. The van der Waals surface area contributed by atoms with Crippen LogP contribution in [0.3, 0.4) is 0 Å². The molecule has 0 atom stereocenters. The minimum Gasteiger partial charge on any atom is -0.377 e. The van der Waals surface area contributed by atoms with E-state index in [9.17, 15) is 4.39 Å². The molecule has 2 aromatic rings. The summed E-state index contributed by atoms with van der Waals surface area (Å²) in [5.74, 6) is 4.99. The fraction of sp³-hybridized carbons (Fsp3) is 0.486. The molecular weight excluding hydrogens is 495 g/mol. The molecule has 0 saturated carbocycles. The molecular formula is C35H61FN4. The van der Waals surface area contributed by atoms with Crippen LogP contribution in [0.15, 0.2) is 92.2 Å². The van der Waals surface area contributed by atoms with Gasteiger partial charge in [-0.15, -0.1) is 6.58 Å². The van der Waals surface area contributed by atoms with Crippen molar-refractivity contribution in [2.24, 2.45) is 5.84 Å². The molecule has 0 amide bonds. The molecule has 40 heavy (non-hydrogen) atoms. The van der Waals surface area contributed by atoms with Gasteiger partial charge in [0, 0.05) is 33.7 Å². The average Bonchev–Trinajstić information content (AvgIpc) is 2.92. The van der Waals surface area contributed by atoms with E-state index >= 15 is 0 Å². The monoisotopic (exact) mass is 556 g/mol. The lowest BCUT2D eigenvalue weighted by atomic mass is 10.1. The Kier molecular flexibility index (Phi) is 33.9. The highest BCUT2D eigenvalue weighted by Crippen LogP contribution is 2.05. The second kappa shape index (κ2) is 32.5. The van der Waals surface area contributed by atoms with Gasteiger partial charge in [0.2, 0.25) is 0 Å². The molecule has 0 aliphatic heterocycles. The third kappa shape index (κ3) is 35.3. The lowest BCUT2D eigenvalue weighted by Gasteiger charge is -2.11. The molecule has 228 valence electrons. The van der Waals surface area contributed by atoms with Gasteiger partial charge in [-0.05, 0) is 62.2 Å².